The van der Waals surface area contributed by atoms with Crippen molar-refractivity contribution in [2.24, 2.45) is 4.99 Å². The topological polar surface area (TPSA) is 47.9 Å². The second-order valence-corrected chi connectivity index (χ2v) is 4.61. The maximum atomic E-state index is 11.9. The lowest BCUT2D eigenvalue weighted by Gasteiger charge is -2.16. The van der Waals surface area contributed by atoms with Gasteiger partial charge >= 0.3 is 5.97 Å². The molecule has 0 aliphatic carbocycles. The van der Waals surface area contributed by atoms with Crippen molar-refractivity contribution in [3.63, 3.8) is 0 Å². The molecule has 0 saturated carbocycles. The molecule has 1 aliphatic rings. The highest BCUT2D eigenvalue weighted by Crippen LogP contribution is 2.30. The second-order valence-electron chi connectivity index (χ2n) is 4.61. The van der Waals surface area contributed by atoms with E-state index >= 15 is 0 Å². The number of hydrogen-bond acceptors (Lipinski definition) is 4. The van der Waals surface area contributed by atoms with Gasteiger partial charge in [-0.3, -0.25) is 0 Å². The largest absolute Gasteiger partial charge is 0.473 e. The Kier molecular flexibility index (Phi) is 3.37. The van der Waals surface area contributed by atoms with E-state index in [-0.39, 0.29) is 5.97 Å². The number of carbonyl (C=O) groups excluding carboxylic acids is 1. The Bertz CT molecular complexity index is 666. The molecule has 0 fully saturated rings. The van der Waals surface area contributed by atoms with Crippen LogP contribution in [0.5, 0.6) is 0 Å². The Morgan fingerprint density at radius 3 is 2.85 bits per heavy atom. The second kappa shape index (κ2) is 5.33. The summed E-state index contributed by atoms with van der Waals surface area (Å²) in [6.45, 7) is 2.12. The average molecular weight is 269 g/mol. The molecule has 0 amide bonds. The molecule has 2 atom stereocenters. The first-order chi connectivity index (χ1) is 9.79. The number of nitrogens with zero attached hydrogens (tertiary/aromatic N) is 1. The van der Waals surface area contributed by atoms with Gasteiger partial charge in [0.25, 0.3) is 0 Å². The summed E-state index contributed by atoms with van der Waals surface area (Å²) < 4.78 is 10.5. The van der Waals surface area contributed by atoms with Crippen molar-refractivity contribution in [2.75, 3.05) is 6.61 Å². The summed E-state index contributed by atoms with van der Waals surface area (Å²) in [4.78, 5) is 15.9. The zero-order chi connectivity index (χ0) is 13.9. The van der Waals surface area contributed by atoms with Gasteiger partial charge in [0.05, 0.1) is 6.61 Å². The minimum atomic E-state index is -0.615. The summed E-state index contributed by atoms with van der Waals surface area (Å²) in [6.07, 6.45) is 0.931. The standard InChI is InChI=1S/C16H15NO3/c1-2-19-16(18)14-15(20-10-17-14)13-8-7-11-5-3-4-6-12(11)9-13/h3-10,14-15H,2H2,1H3. The Hall–Kier alpha value is -2.36. The molecule has 2 aromatic carbocycles. The maximum absolute atomic E-state index is 11.9. The molecular weight excluding hydrogens is 254 g/mol. The number of aliphatic imine (C=N–C) groups is 1. The monoisotopic (exact) mass is 269 g/mol. The average Bonchev–Trinajstić information content (AvgIpc) is 2.96. The summed E-state index contributed by atoms with van der Waals surface area (Å²) in [5.74, 6) is -0.348. The fraction of sp³-hybridized carbons (Fsp3) is 0.250. The Labute approximate surface area is 117 Å². The van der Waals surface area contributed by atoms with Crippen LogP contribution in [0, 0.1) is 0 Å². The predicted octanol–water partition coefficient (Wildman–Crippen LogP) is 2.87. The number of rotatable bonds is 3. The zero-order valence-corrected chi connectivity index (χ0v) is 11.2. The van der Waals surface area contributed by atoms with E-state index in [1.807, 2.05) is 42.5 Å². The highest BCUT2D eigenvalue weighted by Gasteiger charge is 2.35. The predicted molar refractivity (Wildman–Crippen MR) is 76.7 cm³/mol. The van der Waals surface area contributed by atoms with Gasteiger partial charge in [0.1, 0.15) is 0 Å². The highest BCUT2D eigenvalue weighted by atomic mass is 16.5. The lowest BCUT2D eigenvalue weighted by molar-refractivity contribution is -0.146. The van der Waals surface area contributed by atoms with E-state index in [2.05, 4.69) is 4.99 Å². The molecule has 0 aromatic heterocycles. The van der Waals surface area contributed by atoms with Gasteiger partial charge in [0.2, 0.25) is 0 Å². The number of ether oxygens (including phenoxy) is 2. The van der Waals surface area contributed by atoms with E-state index in [1.54, 1.807) is 6.92 Å². The van der Waals surface area contributed by atoms with Crippen molar-refractivity contribution in [1.29, 1.82) is 0 Å². The van der Waals surface area contributed by atoms with Crippen LogP contribution in [0.15, 0.2) is 47.5 Å². The van der Waals surface area contributed by atoms with E-state index in [1.165, 1.54) is 6.40 Å². The molecule has 1 heterocycles. The molecule has 2 aromatic rings. The fourth-order valence-electron chi connectivity index (χ4n) is 2.38. The number of hydrogen-bond donors (Lipinski definition) is 0. The third kappa shape index (κ3) is 2.25. The molecule has 3 rings (SSSR count). The molecule has 0 radical (unpaired) electrons. The van der Waals surface area contributed by atoms with Gasteiger partial charge in [-0.1, -0.05) is 36.4 Å². The van der Waals surface area contributed by atoms with Crippen LogP contribution in [0.1, 0.15) is 18.6 Å². The van der Waals surface area contributed by atoms with Crippen molar-refractivity contribution >= 4 is 23.1 Å². The molecule has 0 N–H and O–H groups in total. The molecule has 0 saturated heterocycles. The lowest BCUT2D eigenvalue weighted by atomic mass is 9.99. The van der Waals surface area contributed by atoms with Crippen LogP contribution in [0.4, 0.5) is 0 Å². The summed E-state index contributed by atoms with van der Waals surface area (Å²) >= 11 is 0. The Morgan fingerprint density at radius 2 is 2.05 bits per heavy atom. The van der Waals surface area contributed by atoms with E-state index in [9.17, 15) is 4.79 Å². The highest BCUT2D eigenvalue weighted by molar-refractivity contribution is 5.84. The molecular formula is C16H15NO3. The van der Waals surface area contributed by atoms with Crippen molar-refractivity contribution in [1.82, 2.24) is 0 Å². The van der Waals surface area contributed by atoms with Gasteiger partial charge in [-0.15, -0.1) is 0 Å². The summed E-state index contributed by atoms with van der Waals surface area (Å²) in [5.41, 5.74) is 0.930. The van der Waals surface area contributed by atoms with Crippen LogP contribution in [0.2, 0.25) is 0 Å². The molecule has 0 spiro atoms. The molecule has 0 bridgehead atoms. The molecule has 20 heavy (non-hydrogen) atoms. The zero-order valence-electron chi connectivity index (χ0n) is 11.2. The van der Waals surface area contributed by atoms with Crippen LogP contribution in [-0.2, 0) is 14.3 Å². The van der Waals surface area contributed by atoms with Crippen molar-refractivity contribution < 1.29 is 14.3 Å². The smallest absolute Gasteiger partial charge is 0.335 e. The van der Waals surface area contributed by atoms with Crippen molar-refractivity contribution in [2.45, 2.75) is 19.1 Å². The first kappa shape index (κ1) is 12.7. The Balaban J connectivity index is 1.92. The van der Waals surface area contributed by atoms with Crippen molar-refractivity contribution in [3.8, 4) is 0 Å². The normalized spacial score (nSPS) is 20.9. The summed E-state index contributed by atoms with van der Waals surface area (Å²) in [7, 11) is 0. The molecule has 4 heteroatoms. The van der Waals surface area contributed by atoms with Crippen LogP contribution in [-0.4, -0.2) is 25.0 Å². The third-order valence-corrected chi connectivity index (χ3v) is 3.35. The fourth-order valence-corrected chi connectivity index (χ4v) is 2.38. The van der Waals surface area contributed by atoms with Crippen molar-refractivity contribution in [3.05, 3.63) is 48.0 Å². The minimum Gasteiger partial charge on any atom is -0.473 e. The molecule has 102 valence electrons. The van der Waals surface area contributed by atoms with Gasteiger partial charge in [-0.05, 0) is 29.3 Å². The number of esters is 1. The van der Waals surface area contributed by atoms with Gasteiger partial charge in [-0.25, -0.2) is 9.79 Å². The lowest BCUT2D eigenvalue weighted by Crippen LogP contribution is -2.26. The minimum absolute atomic E-state index is 0.343. The summed E-state index contributed by atoms with van der Waals surface area (Å²) in [5, 5.41) is 2.27. The first-order valence-electron chi connectivity index (χ1n) is 6.62. The number of benzene rings is 2. The van der Waals surface area contributed by atoms with E-state index in [0.717, 1.165) is 16.3 Å². The van der Waals surface area contributed by atoms with E-state index in [4.69, 9.17) is 9.47 Å². The van der Waals surface area contributed by atoms with Crippen LogP contribution in [0.25, 0.3) is 10.8 Å². The van der Waals surface area contributed by atoms with Gasteiger partial charge < -0.3 is 9.47 Å². The molecule has 2 unspecified atom stereocenters. The van der Waals surface area contributed by atoms with E-state index < -0.39 is 12.1 Å². The van der Waals surface area contributed by atoms with E-state index in [0.29, 0.717) is 6.61 Å². The third-order valence-electron chi connectivity index (χ3n) is 3.35. The quantitative estimate of drug-likeness (QED) is 0.805. The molecule has 4 nitrogen and oxygen atoms in total. The number of fused-ring (bicyclic) bond motifs is 1. The van der Waals surface area contributed by atoms with Crippen LogP contribution in [0.3, 0.4) is 0 Å². The van der Waals surface area contributed by atoms with Gasteiger partial charge in [0.15, 0.2) is 18.5 Å². The van der Waals surface area contributed by atoms with Crippen LogP contribution < -0.4 is 0 Å². The maximum Gasteiger partial charge on any atom is 0.335 e. The molecule has 1 aliphatic heterocycles. The number of carbonyl (C=O) groups is 1. The first-order valence-corrected chi connectivity index (χ1v) is 6.62. The Morgan fingerprint density at radius 1 is 1.25 bits per heavy atom. The van der Waals surface area contributed by atoms with Gasteiger partial charge in [0, 0.05) is 0 Å². The van der Waals surface area contributed by atoms with Crippen LogP contribution >= 0.6 is 0 Å². The SMILES string of the molecule is CCOC(=O)C1N=COC1c1ccc2ccccc2c1. The van der Waals surface area contributed by atoms with Gasteiger partial charge in [-0.2, -0.15) is 0 Å². The summed E-state index contributed by atoms with van der Waals surface area (Å²) in [6, 6.07) is 13.5.